The quantitative estimate of drug-likeness (QED) is 0.428. The fourth-order valence-corrected chi connectivity index (χ4v) is 1.33. The third-order valence-electron chi connectivity index (χ3n) is 2.11. The van der Waals surface area contributed by atoms with Crippen molar-refractivity contribution in [2.45, 2.75) is 26.3 Å². The summed E-state index contributed by atoms with van der Waals surface area (Å²) in [7, 11) is 0. The number of nitrogens with zero attached hydrogens (tertiary/aromatic N) is 1. The molecule has 0 aromatic carbocycles. The zero-order chi connectivity index (χ0) is 10.4. The summed E-state index contributed by atoms with van der Waals surface area (Å²) in [5.74, 6) is 11.3. The van der Waals surface area contributed by atoms with Crippen LogP contribution < -0.4 is 11.3 Å². The lowest BCUT2D eigenvalue weighted by atomic mass is 10.0. The SMILES string of the molecule is CC#CCC(NN)c1cccnc1C. The molecule has 0 aliphatic heterocycles. The molecule has 0 amide bonds. The molecule has 0 fully saturated rings. The molecule has 1 unspecified atom stereocenters. The Morgan fingerprint density at radius 1 is 1.64 bits per heavy atom. The average molecular weight is 189 g/mol. The van der Waals surface area contributed by atoms with Crippen LogP contribution in [-0.4, -0.2) is 4.98 Å². The predicted octanol–water partition coefficient (Wildman–Crippen LogP) is 1.31. The summed E-state index contributed by atoms with van der Waals surface area (Å²) in [4.78, 5) is 4.21. The molecule has 1 aromatic heterocycles. The van der Waals surface area contributed by atoms with Gasteiger partial charge in [-0.1, -0.05) is 6.07 Å². The Labute approximate surface area is 84.7 Å². The highest BCUT2D eigenvalue weighted by molar-refractivity contribution is 5.23. The molecule has 14 heavy (non-hydrogen) atoms. The molecule has 1 heterocycles. The van der Waals surface area contributed by atoms with Crippen LogP contribution in [0.2, 0.25) is 0 Å². The number of aryl methyl sites for hydroxylation is 1. The molecular weight excluding hydrogens is 174 g/mol. The Morgan fingerprint density at radius 2 is 2.43 bits per heavy atom. The number of hydrogen-bond donors (Lipinski definition) is 2. The summed E-state index contributed by atoms with van der Waals surface area (Å²) in [6, 6.07) is 3.99. The molecule has 0 spiro atoms. The number of hydrazine groups is 1. The highest BCUT2D eigenvalue weighted by Gasteiger charge is 2.10. The maximum Gasteiger partial charge on any atom is 0.0587 e. The Balaban J connectivity index is 2.87. The monoisotopic (exact) mass is 189 g/mol. The van der Waals surface area contributed by atoms with Crippen LogP contribution in [0, 0.1) is 18.8 Å². The summed E-state index contributed by atoms with van der Waals surface area (Å²) in [5, 5.41) is 0. The van der Waals surface area contributed by atoms with Crippen LogP contribution in [0.1, 0.15) is 30.6 Å². The molecule has 74 valence electrons. The molecule has 1 rings (SSSR count). The summed E-state index contributed by atoms with van der Waals surface area (Å²) < 4.78 is 0. The van der Waals surface area contributed by atoms with Gasteiger partial charge in [-0.05, 0) is 25.5 Å². The lowest BCUT2D eigenvalue weighted by Crippen LogP contribution is -2.28. The number of nitrogens with one attached hydrogen (secondary N) is 1. The van der Waals surface area contributed by atoms with Crippen molar-refractivity contribution < 1.29 is 0 Å². The van der Waals surface area contributed by atoms with Gasteiger partial charge in [-0.15, -0.1) is 11.8 Å². The maximum absolute atomic E-state index is 5.47. The van der Waals surface area contributed by atoms with Crippen LogP contribution >= 0.6 is 0 Å². The molecule has 1 aromatic rings. The lowest BCUT2D eigenvalue weighted by Gasteiger charge is -2.14. The molecule has 3 heteroatoms. The lowest BCUT2D eigenvalue weighted by molar-refractivity contribution is 0.562. The second kappa shape index (κ2) is 5.38. The highest BCUT2D eigenvalue weighted by Crippen LogP contribution is 2.17. The van der Waals surface area contributed by atoms with Crippen molar-refractivity contribution in [1.82, 2.24) is 10.4 Å². The number of aromatic nitrogens is 1. The summed E-state index contributed by atoms with van der Waals surface area (Å²) in [6.45, 7) is 3.79. The van der Waals surface area contributed by atoms with Gasteiger partial charge >= 0.3 is 0 Å². The van der Waals surface area contributed by atoms with E-state index in [2.05, 4.69) is 22.3 Å². The van der Waals surface area contributed by atoms with E-state index in [1.54, 1.807) is 6.20 Å². The van der Waals surface area contributed by atoms with E-state index in [0.717, 1.165) is 11.3 Å². The molecule has 3 nitrogen and oxygen atoms in total. The predicted molar refractivity (Wildman–Crippen MR) is 57.1 cm³/mol. The topological polar surface area (TPSA) is 50.9 Å². The molecule has 0 aliphatic rings. The van der Waals surface area contributed by atoms with E-state index >= 15 is 0 Å². The third kappa shape index (κ3) is 2.56. The fraction of sp³-hybridized carbons (Fsp3) is 0.364. The Hall–Kier alpha value is -1.37. The summed E-state index contributed by atoms with van der Waals surface area (Å²) in [6.07, 6.45) is 2.48. The van der Waals surface area contributed by atoms with E-state index in [1.165, 1.54) is 0 Å². The second-order valence-corrected chi connectivity index (χ2v) is 3.03. The fourth-order valence-electron chi connectivity index (χ4n) is 1.33. The van der Waals surface area contributed by atoms with Crippen LogP contribution in [0.15, 0.2) is 18.3 Å². The van der Waals surface area contributed by atoms with Gasteiger partial charge in [0.2, 0.25) is 0 Å². The van der Waals surface area contributed by atoms with Gasteiger partial charge < -0.3 is 0 Å². The molecule has 0 saturated heterocycles. The van der Waals surface area contributed by atoms with Gasteiger partial charge in [0.1, 0.15) is 0 Å². The summed E-state index contributed by atoms with van der Waals surface area (Å²) in [5.41, 5.74) is 4.85. The van der Waals surface area contributed by atoms with Crippen molar-refractivity contribution in [3.05, 3.63) is 29.6 Å². The highest BCUT2D eigenvalue weighted by atomic mass is 15.2. The Kier molecular flexibility index (Phi) is 4.11. The maximum atomic E-state index is 5.47. The van der Waals surface area contributed by atoms with E-state index in [-0.39, 0.29) is 6.04 Å². The zero-order valence-electron chi connectivity index (χ0n) is 8.54. The second-order valence-electron chi connectivity index (χ2n) is 3.03. The van der Waals surface area contributed by atoms with E-state index in [0.29, 0.717) is 6.42 Å². The van der Waals surface area contributed by atoms with Crippen LogP contribution in [0.4, 0.5) is 0 Å². The molecule has 0 radical (unpaired) electrons. The van der Waals surface area contributed by atoms with Crippen LogP contribution in [0.25, 0.3) is 0 Å². The first-order valence-corrected chi connectivity index (χ1v) is 4.56. The van der Waals surface area contributed by atoms with Crippen LogP contribution in [0.3, 0.4) is 0 Å². The smallest absolute Gasteiger partial charge is 0.0587 e. The van der Waals surface area contributed by atoms with E-state index in [1.807, 2.05) is 26.0 Å². The normalized spacial score (nSPS) is 11.6. The molecule has 0 saturated carbocycles. The molecule has 0 bridgehead atoms. The number of rotatable bonds is 3. The zero-order valence-corrected chi connectivity index (χ0v) is 8.54. The minimum absolute atomic E-state index is 0.0659. The van der Waals surface area contributed by atoms with Crippen molar-refractivity contribution in [3.8, 4) is 11.8 Å². The molecular formula is C11H15N3. The van der Waals surface area contributed by atoms with Gasteiger partial charge in [-0.2, -0.15) is 0 Å². The third-order valence-corrected chi connectivity index (χ3v) is 2.11. The van der Waals surface area contributed by atoms with E-state index in [4.69, 9.17) is 5.84 Å². The van der Waals surface area contributed by atoms with Crippen LogP contribution in [-0.2, 0) is 0 Å². The largest absolute Gasteiger partial charge is 0.271 e. The van der Waals surface area contributed by atoms with Crippen molar-refractivity contribution in [2.75, 3.05) is 0 Å². The van der Waals surface area contributed by atoms with E-state index in [9.17, 15) is 0 Å². The standard InChI is InChI=1S/C11H15N3/c1-3-4-7-11(14-12)10-6-5-8-13-9(10)2/h5-6,8,11,14H,7,12H2,1-2H3. The van der Waals surface area contributed by atoms with Gasteiger partial charge in [-0.3, -0.25) is 16.3 Å². The summed E-state index contributed by atoms with van der Waals surface area (Å²) >= 11 is 0. The number of hydrogen-bond acceptors (Lipinski definition) is 3. The average Bonchev–Trinajstić information content (AvgIpc) is 2.21. The van der Waals surface area contributed by atoms with Crippen molar-refractivity contribution in [1.29, 1.82) is 0 Å². The van der Waals surface area contributed by atoms with Crippen molar-refractivity contribution in [2.24, 2.45) is 5.84 Å². The first-order chi connectivity index (χ1) is 6.79. The number of pyridine rings is 1. The molecule has 1 atom stereocenters. The van der Waals surface area contributed by atoms with Crippen LogP contribution in [0.5, 0.6) is 0 Å². The molecule has 0 aliphatic carbocycles. The van der Waals surface area contributed by atoms with Crippen molar-refractivity contribution in [3.63, 3.8) is 0 Å². The van der Waals surface area contributed by atoms with E-state index < -0.39 is 0 Å². The van der Waals surface area contributed by atoms with Gasteiger partial charge in [0.05, 0.1) is 6.04 Å². The van der Waals surface area contributed by atoms with Gasteiger partial charge in [-0.25, -0.2) is 0 Å². The Bertz CT molecular complexity index is 349. The first-order valence-electron chi connectivity index (χ1n) is 4.56. The van der Waals surface area contributed by atoms with Gasteiger partial charge in [0.15, 0.2) is 0 Å². The molecule has 3 N–H and O–H groups in total. The Morgan fingerprint density at radius 3 is 3.00 bits per heavy atom. The van der Waals surface area contributed by atoms with Gasteiger partial charge in [0.25, 0.3) is 0 Å². The first kappa shape index (κ1) is 10.7. The number of nitrogens with two attached hydrogens (primary N) is 1. The van der Waals surface area contributed by atoms with Crippen molar-refractivity contribution >= 4 is 0 Å². The minimum atomic E-state index is 0.0659. The minimum Gasteiger partial charge on any atom is -0.271 e. The van der Waals surface area contributed by atoms with Gasteiger partial charge in [0, 0.05) is 18.3 Å².